The predicted octanol–water partition coefficient (Wildman–Crippen LogP) is 2.70. The maximum Gasteiger partial charge on any atom is 0.191 e. The first-order chi connectivity index (χ1) is 9.84. The molecule has 0 bridgehead atoms. The van der Waals surface area contributed by atoms with Gasteiger partial charge in [-0.1, -0.05) is 42.5 Å². The van der Waals surface area contributed by atoms with E-state index in [0.717, 1.165) is 24.6 Å². The summed E-state index contributed by atoms with van der Waals surface area (Å²) < 4.78 is 0. The molecule has 20 heavy (non-hydrogen) atoms. The number of benzene rings is 2. The van der Waals surface area contributed by atoms with Crippen molar-refractivity contribution in [3.63, 3.8) is 0 Å². The van der Waals surface area contributed by atoms with Gasteiger partial charge in [0.2, 0.25) is 0 Å². The van der Waals surface area contributed by atoms with Gasteiger partial charge in [0.25, 0.3) is 0 Å². The summed E-state index contributed by atoms with van der Waals surface area (Å²) in [7, 11) is 0. The molecule has 0 spiro atoms. The zero-order chi connectivity index (χ0) is 13.8. The Morgan fingerprint density at radius 3 is 2.70 bits per heavy atom. The summed E-state index contributed by atoms with van der Waals surface area (Å²) in [6, 6.07) is 14.8. The van der Waals surface area contributed by atoms with Crippen LogP contribution >= 0.6 is 11.8 Å². The van der Waals surface area contributed by atoms with Crippen molar-refractivity contribution >= 4 is 28.5 Å². The van der Waals surface area contributed by atoms with E-state index in [2.05, 4.69) is 52.4 Å². The van der Waals surface area contributed by atoms with Gasteiger partial charge >= 0.3 is 0 Å². The second kappa shape index (κ2) is 6.18. The van der Waals surface area contributed by atoms with Crippen molar-refractivity contribution in [1.82, 2.24) is 4.90 Å². The molecule has 0 atom stereocenters. The van der Waals surface area contributed by atoms with Crippen LogP contribution in [0.15, 0.2) is 47.5 Å². The lowest BCUT2D eigenvalue weighted by Crippen LogP contribution is -2.42. The van der Waals surface area contributed by atoms with Crippen LogP contribution in [0.1, 0.15) is 5.56 Å². The lowest BCUT2D eigenvalue weighted by Gasteiger charge is -2.27. The van der Waals surface area contributed by atoms with E-state index in [1.807, 2.05) is 11.8 Å². The van der Waals surface area contributed by atoms with Gasteiger partial charge in [-0.2, -0.15) is 11.8 Å². The Bertz CT molecular complexity index is 613. The fourth-order valence-electron chi connectivity index (χ4n) is 2.49. The molecule has 0 radical (unpaired) electrons. The fraction of sp³-hybridized carbons (Fsp3) is 0.312. The van der Waals surface area contributed by atoms with Gasteiger partial charge in [-0.3, -0.25) is 0 Å². The zero-order valence-electron chi connectivity index (χ0n) is 11.5. The van der Waals surface area contributed by atoms with E-state index in [1.54, 1.807) is 0 Å². The smallest absolute Gasteiger partial charge is 0.191 e. The molecule has 2 N–H and O–H groups in total. The Morgan fingerprint density at radius 1 is 1.10 bits per heavy atom. The van der Waals surface area contributed by atoms with Crippen LogP contribution < -0.4 is 5.73 Å². The molecule has 0 aromatic heterocycles. The number of guanidine groups is 1. The van der Waals surface area contributed by atoms with Crippen LogP contribution in [0.5, 0.6) is 0 Å². The summed E-state index contributed by atoms with van der Waals surface area (Å²) in [6.45, 7) is 2.67. The van der Waals surface area contributed by atoms with Crippen LogP contribution in [0.4, 0.5) is 0 Å². The van der Waals surface area contributed by atoms with Crippen LogP contribution in [-0.2, 0) is 6.54 Å². The van der Waals surface area contributed by atoms with Gasteiger partial charge in [0.15, 0.2) is 5.96 Å². The summed E-state index contributed by atoms with van der Waals surface area (Å²) in [6.07, 6.45) is 0. The van der Waals surface area contributed by atoms with Crippen LogP contribution in [0.3, 0.4) is 0 Å². The number of nitrogens with zero attached hydrogens (tertiary/aromatic N) is 2. The van der Waals surface area contributed by atoms with Crippen molar-refractivity contribution in [2.24, 2.45) is 10.7 Å². The highest BCUT2D eigenvalue weighted by Gasteiger charge is 2.12. The number of fused-ring (bicyclic) bond motifs is 1. The number of thioether (sulfide) groups is 1. The molecule has 1 aliphatic rings. The highest BCUT2D eigenvalue weighted by Crippen LogP contribution is 2.19. The van der Waals surface area contributed by atoms with Crippen LogP contribution in [0, 0.1) is 0 Å². The van der Waals surface area contributed by atoms with E-state index in [0.29, 0.717) is 12.5 Å². The number of nitrogens with two attached hydrogens (primary N) is 1. The monoisotopic (exact) mass is 285 g/mol. The molecular formula is C16H19N3S. The average Bonchev–Trinajstić information content (AvgIpc) is 2.53. The summed E-state index contributed by atoms with van der Waals surface area (Å²) in [5.41, 5.74) is 7.34. The molecular weight excluding hydrogens is 266 g/mol. The largest absolute Gasteiger partial charge is 0.370 e. The Balaban J connectivity index is 1.79. The molecule has 0 unspecified atom stereocenters. The lowest BCUT2D eigenvalue weighted by molar-refractivity contribution is 0.455. The maximum absolute atomic E-state index is 6.11. The second-order valence-electron chi connectivity index (χ2n) is 4.91. The van der Waals surface area contributed by atoms with Crippen molar-refractivity contribution in [2.75, 3.05) is 24.6 Å². The lowest BCUT2D eigenvalue weighted by atomic mass is 10.1. The maximum atomic E-state index is 6.11. The summed E-state index contributed by atoms with van der Waals surface area (Å²) in [5.74, 6) is 2.97. The number of hydrogen-bond donors (Lipinski definition) is 1. The first-order valence-electron chi connectivity index (χ1n) is 6.94. The Morgan fingerprint density at radius 2 is 1.85 bits per heavy atom. The van der Waals surface area contributed by atoms with Crippen molar-refractivity contribution in [3.8, 4) is 0 Å². The summed E-state index contributed by atoms with van der Waals surface area (Å²) in [4.78, 5) is 6.76. The number of hydrogen-bond acceptors (Lipinski definition) is 2. The normalized spacial score (nSPS) is 16.6. The topological polar surface area (TPSA) is 41.6 Å². The third-order valence-electron chi connectivity index (χ3n) is 3.63. The zero-order valence-corrected chi connectivity index (χ0v) is 12.3. The molecule has 0 saturated carbocycles. The molecule has 0 amide bonds. The molecule has 1 fully saturated rings. The highest BCUT2D eigenvalue weighted by atomic mass is 32.2. The molecule has 3 rings (SSSR count). The predicted molar refractivity (Wildman–Crippen MR) is 88.2 cm³/mol. The van der Waals surface area contributed by atoms with Crippen LogP contribution in [0.2, 0.25) is 0 Å². The first kappa shape index (κ1) is 13.3. The van der Waals surface area contributed by atoms with E-state index in [1.165, 1.54) is 16.3 Å². The van der Waals surface area contributed by atoms with E-state index in [9.17, 15) is 0 Å². The fourth-order valence-corrected chi connectivity index (χ4v) is 3.39. The van der Waals surface area contributed by atoms with Crippen molar-refractivity contribution in [2.45, 2.75) is 6.54 Å². The van der Waals surface area contributed by atoms with Gasteiger partial charge in [0.1, 0.15) is 0 Å². The molecule has 1 heterocycles. The first-order valence-corrected chi connectivity index (χ1v) is 8.09. The summed E-state index contributed by atoms with van der Waals surface area (Å²) in [5, 5.41) is 2.52. The molecule has 4 heteroatoms. The van der Waals surface area contributed by atoms with Crippen LogP contribution in [-0.4, -0.2) is 35.5 Å². The van der Waals surface area contributed by atoms with Crippen LogP contribution in [0.25, 0.3) is 10.8 Å². The van der Waals surface area contributed by atoms with Gasteiger partial charge in [-0.05, 0) is 16.3 Å². The molecule has 3 nitrogen and oxygen atoms in total. The number of rotatable bonds is 2. The molecule has 1 aliphatic heterocycles. The second-order valence-corrected chi connectivity index (χ2v) is 6.14. The minimum absolute atomic E-state index is 0.650. The highest BCUT2D eigenvalue weighted by molar-refractivity contribution is 7.99. The minimum atomic E-state index is 0.650. The minimum Gasteiger partial charge on any atom is -0.370 e. The van der Waals surface area contributed by atoms with E-state index < -0.39 is 0 Å². The molecule has 1 saturated heterocycles. The van der Waals surface area contributed by atoms with Gasteiger partial charge < -0.3 is 10.6 Å². The van der Waals surface area contributed by atoms with E-state index in [-0.39, 0.29) is 0 Å². The molecule has 2 aromatic rings. The van der Waals surface area contributed by atoms with E-state index in [4.69, 9.17) is 5.73 Å². The summed E-state index contributed by atoms with van der Waals surface area (Å²) >= 11 is 1.98. The van der Waals surface area contributed by atoms with E-state index >= 15 is 0 Å². The van der Waals surface area contributed by atoms with Gasteiger partial charge in [-0.15, -0.1) is 0 Å². The molecule has 2 aromatic carbocycles. The van der Waals surface area contributed by atoms with Crippen molar-refractivity contribution in [3.05, 3.63) is 48.0 Å². The van der Waals surface area contributed by atoms with Crippen molar-refractivity contribution < 1.29 is 0 Å². The Labute approximate surface area is 123 Å². The van der Waals surface area contributed by atoms with Crippen molar-refractivity contribution in [1.29, 1.82) is 0 Å². The van der Waals surface area contributed by atoms with Gasteiger partial charge in [-0.25, -0.2) is 4.99 Å². The average molecular weight is 285 g/mol. The quantitative estimate of drug-likeness (QED) is 0.681. The van der Waals surface area contributed by atoms with Gasteiger partial charge in [0.05, 0.1) is 6.54 Å². The standard InChI is InChI=1S/C16H19N3S/c17-16(19-8-10-20-11-9-19)18-12-14-6-3-5-13-4-1-2-7-15(13)14/h1-7H,8-12H2,(H2,17,18). The number of aliphatic imine (C=N–C) groups is 1. The Hall–Kier alpha value is -1.68. The third-order valence-corrected chi connectivity index (χ3v) is 4.57. The SMILES string of the molecule is NC(=NCc1cccc2ccccc12)N1CCSCC1. The molecule has 104 valence electrons. The third kappa shape index (κ3) is 2.90. The molecule has 0 aliphatic carbocycles. The van der Waals surface area contributed by atoms with Gasteiger partial charge in [0, 0.05) is 24.6 Å². The Kier molecular flexibility index (Phi) is 4.11.